The molecule has 0 saturated carbocycles. The first-order chi connectivity index (χ1) is 10.6. The van der Waals surface area contributed by atoms with E-state index >= 15 is 0 Å². The average molecular weight is 334 g/mol. The summed E-state index contributed by atoms with van der Waals surface area (Å²) in [5, 5.41) is 0.583. The van der Waals surface area contributed by atoms with Gasteiger partial charge >= 0.3 is 0 Å². The highest BCUT2D eigenvalue weighted by molar-refractivity contribution is 6.31. The molecule has 0 aliphatic carbocycles. The van der Waals surface area contributed by atoms with Gasteiger partial charge in [-0.15, -0.1) is 0 Å². The molecule has 0 aliphatic heterocycles. The van der Waals surface area contributed by atoms with Crippen LogP contribution in [0.3, 0.4) is 0 Å². The lowest BCUT2D eigenvalue weighted by Gasteiger charge is -2.05. The van der Waals surface area contributed by atoms with Crippen molar-refractivity contribution in [3.63, 3.8) is 0 Å². The van der Waals surface area contributed by atoms with E-state index in [2.05, 4.69) is 4.98 Å². The summed E-state index contributed by atoms with van der Waals surface area (Å²) in [5.41, 5.74) is 2.36. The smallest absolute Gasteiger partial charge is 0.195 e. The van der Waals surface area contributed by atoms with Crippen molar-refractivity contribution in [3.8, 4) is 11.1 Å². The number of benzene rings is 2. The third-order valence-electron chi connectivity index (χ3n) is 3.33. The quantitative estimate of drug-likeness (QED) is 0.643. The molecule has 5 heteroatoms. The molecule has 0 unspecified atom stereocenters. The molecular weight excluding hydrogens is 324 g/mol. The Kier molecular flexibility index (Phi) is 4.01. The number of ketones is 1. The number of rotatable bonds is 3. The van der Waals surface area contributed by atoms with E-state index in [-0.39, 0.29) is 10.8 Å². The van der Waals surface area contributed by atoms with Crippen molar-refractivity contribution < 1.29 is 9.18 Å². The second-order valence-corrected chi connectivity index (χ2v) is 5.59. The van der Waals surface area contributed by atoms with Crippen LogP contribution in [0.2, 0.25) is 10.0 Å². The minimum atomic E-state index is -0.494. The van der Waals surface area contributed by atoms with Crippen LogP contribution in [0.1, 0.15) is 15.9 Å². The summed E-state index contributed by atoms with van der Waals surface area (Å²) in [6.07, 6.45) is 3.30. The van der Waals surface area contributed by atoms with Crippen molar-refractivity contribution in [2.75, 3.05) is 0 Å². The zero-order valence-corrected chi connectivity index (χ0v) is 12.8. The standard InChI is InChI=1S/C17H10Cl2FNO/c18-12-4-1-10(2-5-12)17(22)14-9-21-8-13(14)11-3-6-16(20)15(19)7-11/h1-9,21H. The van der Waals surface area contributed by atoms with Gasteiger partial charge in [-0.05, 0) is 42.0 Å². The predicted molar refractivity (Wildman–Crippen MR) is 86.1 cm³/mol. The zero-order chi connectivity index (χ0) is 15.7. The van der Waals surface area contributed by atoms with Gasteiger partial charge in [0, 0.05) is 34.1 Å². The fraction of sp³-hybridized carbons (Fsp3) is 0. The van der Waals surface area contributed by atoms with Gasteiger partial charge in [0.25, 0.3) is 0 Å². The first kappa shape index (κ1) is 14.8. The molecule has 1 N–H and O–H groups in total. The molecule has 0 bridgehead atoms. The molecule has 3 rings (SSSR count). The SMILES string of the molecule is O=C(c1ccc(Cl)cc1)c1c[nH]cc1-c1ccc(F)c(Cl)c1. The van der Waals surface area contributed by atoms with E-state index < -0.39 is 5.82 Å². The molecule has 0 saturated heterocycles. The van der Waals surface area contributed by atoms with Gasteiger partial charge in [0.2, 0.25) is 0 Å². The van der Waals surface area contributed by atoms with E-state index in [9.17, 15) is 9.18 Å². The topological polar surface area (TPSA) is 32.9 Å². The van der Waals surface area contributed by atoms with Crippen LogP contribution in [0.5, 0.6) is 0 Å². The number of aromatic nitrogens is 1. The van der Waals surface area contributed by atoms with Gasteiger partial charge in [0.05, 0.1) is 5.02 Å². The minimum Gasteiger partial charge on any atom is -0.366 e. The van der Waals surface area contributed by atoms with Crippen LogP contribution in [0.4, 0.5) is 4.39 Å². The second-order valence-electron chi connectivity index (χ2n) is 4.75. The van der Waals surface area contributed by atoms with Crippen molar-refractivity contribution in [1.82, 2.24) is 4.98 Å². The number of carbonyl (C=O) groups excluding carboxylic acids is 1. The number of hydrogen-bond acceptors (Lipinski definition) is 1. The highest BCUT2D eigenvalue weighted by Crippen LogP contribution is 2.29. The van der Waals surface area contributed by atoms with Crippen LogP contribution >= 0.6 is 23.2 Å². The predicted octanol–water partition coefficient (Wildman–Crippen LogP) is 5.36. The zero-order valence-electron chi connectivity index (χ0n) is 11.2. The molecule has 2 aromatic carbocycles. The average Bonchev–Trinajstić information content (AvgIpc) is 2.99. The summed E-state index contributed by atoms with van der Waals surface area (Å²) in [5.74, 6) is -0.639. The first-order valence-corrected chi connectivity index (χ1v) is 7.24. The monoisotopic (exact) mass is 333 g/mol. The Bertz CT molecular complexity index is 840. The van der Waals surface area contributed by atoms with Crippen molar-refractivity contribution >= 4 is 29.0 Å². The number of nitrogens with one attached hydrogen (secondary N) is 1. The normalized spacial score (nSPS) is 10.7. The maximum absolute atomic E-state index is 13.3. The summed E-state index contributed by atoms with van der Waals surface area (Å²) < 4.78 is 13.3. The molecule has 0 aliphatic rings. The van der Waals surface area contributed by atoms with Crippen molar-refractivity contribution in [2.24, 2.45) is 0 Å². The van der Waals surface area contributed by atoms with Gasteiger partial charge in [0.15, 0.2) is 5.78 Å². The number of hydrogen-bond donors (Lipinski definition) is 1. The summed E-state index contributed by atoms with van der Waals surface area (Å²) in [4.78, 5) is 15.5. The lowest BCUT2D eigenvalue weighted by atomic mass is 9.98. The molecule has 2 nitrogen and oxygen atoms in total. The molecule has 0 atom stereocenters. The van der Waals surface area contributed by atoms with E-state index in [1.165, 1.54) is 12.1 Å². The van der Waals surface area contributed by atoms with E-state index in [1.807, 2.05) is 0 Å². The summed E-state index contributed by atoms with van der Waals surface area (Å²) in [6.45, 7) is 0. The largest absolute Gasteiger partial charge is 0.366 e. The second kappa shape index (κ2) is 5.95. The minimum absolute atomic E-state index is 0.0172. The molecule has 0 spiro atoms. The number of halogens is 3. The van der Waals surface area contributed by atoms with Crippen molar-refractivity contribution in [1.29, 1.82) is 0 Å². The molecule has 0 amide bonds. The van der Waals surface area contributed by atoms with Crippen molar-refractivity contribution in [2.45, 2.75) is 0 Å². The molecule has 110 valence electrons. The van der Waals surface area contributed by atoms with E-state index in [0.29, 0.717) is 27.3 Å². The van der Waals surface area contributed by atoms with E-state index in [0.717, 1.165) is 0 Å². The first-order valence-electron chi connectivity index (χ1n) is 6.49. The Morgan fingerprint density at radius 2 is 1.73 bits per heavy atom. The lowest BCUT2D eigenvalue weighted by Crippen LogP contribution is -2.01. The molecule has 0 radical (unpaired) electrons. The van der Waals surface area contributed by atoms with Crippen LogP contribution in [0.25, 0.3) is 11.1 Å². The Morgan fingerprint density at radius 1 is 1.00 bits per heavy atom. The van der Waals surface area contributed by atoms with E-state index in [4.69, 9.17) is 23.2 Å². The Balaban J connectivity index is 2.03. The number of carbonyl (C=O) groups is 1. The molecule has 0 fully saturated rings. The van der Waals surface area contributed by atoms with Gasteiger partial charge in [-0.3, -0.25) is 4.79 Å². The van der Waals surface area contributed by atoms with Gasteiger partial charge in [0.1, 0.15) is 5.82 Å². The van der Waals surface area contributed by atoms with Gasteiger partial charge < -0.3 is 4.98 Å². The Morgan fingerprint density at radius 3 is 2.41 bits per heavy atom. The molecule has 22 heavy (non-hydrogen) atoms. The molecular formula is C17H10Cl2FNO. The van der Waals surface area contributed by atoms with Gasteiger partial charge in [-0.25, -0.2) is 4.39 Å². The fourth-order valence-electron chi connectivity index (χ4n) is 2.21. The van der Waals surface area contributed by atoms with Crippen LogP contribution in [0.15, 0.2) is 54.9 Å². The summed E-state index contributed by atoms with van der Waals surface area (Å²) >= 11 is 11.6. The van der Waals surface area contributed by atoms with Crippen molar-refractivity contribution in [3.05, 3.63) is 81.8 Å². The fourth-order valence-corrected chi connectivity index (χ4v) is 2.52. The number of H-pyrrole nitrogens is 1. The van der Waals surface area contributed by atoms with Gasteiger partial charge in [-0.2, -0.15) is 0 Å². The third-order valence-corrected chi connectivity index (χ3v) is 3.87. The highest BCUT2D eigenvalue weighted by Gasteiger charge is 2.16. The van der Waals surface area contributed by atoms with E-state index in [1.54, 1.807) is 42.7 Å². The highest BCUT2D eigenvalue weighted by atomic mass is 35.5. The van der Waals surface area contributed by atoms with Gasteiger partial charge in [-0.1, -0.05) is 29.3 Å². The van der Waals surface area contributed by atoms with Crippen LogP contribution in [-0.4, -0.2) is 10.8 Å². The Hall–Kier alpha value is -2.10. The number of aromatic amines is 1. The van der Waals surface area contributed by atoms with Crippen LogP contribution in [-0.2, 0) is 0 Å². The maximum atomic E-state index is 13.3. The lowest BCUT2D eigenvalue weighted by molar-refractivity contribution is 0.103. The summed E-state index contributed by atoms with van der Waals surface area (Å²) in [7, 11) is 0. The maximum Gasteiger partial charge on any atom is 0.195 e. The molecule has 3 aromatic rings. The summed E-state index contributed by atoms with van der Waals surface area (Å²) in [6, 6.07) is 11.0. The van der Waals surface area contributed by atoms with Crippen LogP contribution < -0.4 is 0 Å². The Labute approximate surface area is 136 Å². The third kappa shape index (κ3) is 2.78. The molecule has 1 heterocycles. The molecule has 1 aromatic heterocycles. The van der Waals surface area contributed by atoms with Crippen LogP contribution in [0, 0.1) is 5.82 Å².